The highest BCUT2D eigenvalue weighted by molar-refractivity contribution is 9.10. The minimum Gasteiger partial charge on any atom is -0.322 e. The lowest BCUT2D eigenvalue weighted by Crippen LogP contribution is -2.13. The Kier molecular flexibility index (Phi) is 5.24. The van der Waals surface area contributed by atoms with Gasteiger partial charge in [-0.1, -0.05) is 50.4 Å². The highest BCUT2D eigenvalue weighted by atomic mass is 79.9. The van der Waals surface area contributed by atoms with Gasteiger partial charge < -0.3 is 5.32 Å². The molecule has 0 aliphatic rings. The van der Waals surface area contributed by atoms with Crippen LogP contribution in [-0.2, 0) is 6.42 Å². The first-order chi connectivity index (χ1) is 9.51. The maximum absolute atomic E-state index is 12.3. The second kappa shape index (κ2) is 6.74. The molecule has 2 aromatic rings. The Labute approximate surface area is 139 Å². The lowest BCUT2D eigenvalue weighted by Gasteiger charge is -2.11. The van der Waals surface area contributed by atoms with Gasteiger partial charge in [0.15, 0.2) is 0 Å². The number of amides is 1. The van der Waals surface area contributed by atoms with Crippen LogP contribution in [-0.4, -0.2) is 5.91 Å². The SMILES string of the molecule is CCc1cc(Br)ccc1NC(=O)c1cc(Br)ccc1Cl. The zero-order valence-corrected chi connectivity index (χ0v) is 14.6. The minimum absolute atomic E-state index is 0.215. The maximum atomic E-state index is 12.3. The third-order valence-electron chi connectivity index (χ3n) is 2.87. The first-order valence-corrected chi connectivity index (χ1v) is 8.02. The maximum Gasteiger partial charge on any atom is 0.257 e. The predicted octanol–water partition coefficient (Wildman–Crippen LogP) is 5.68. The van der Waals surface area contributed by atoms with Crippen molar-refractivity contribution in [2.45, 2.75) is 13.3 Å². The molecule has 0 spiro atoms. The normalized spacial score (nSPS) is 10.4. The third kappa shape index (κ3) is 3.62. The highest BCUT2D eigenvalue weighted by Crippen LogP contribution is 2.25. The van der Waals surface area contributed by atoms with Crippen molar-refractivity contribution in [1.29, 1.82) is 0 Å². The Bertz CT molecular complexity index is 658. The summed E-state index contributed by atoms with van der Waals surface area (Å²) >= 11 is 12.8. The van der Waals surface area contributed by atoms with E-state index < -0.39 is 0 Å². The highest BCUT2D eigenvalue weighted by Gasteiger charge is 2.12. The molecule has 1 N–H and O–H groups in total. The van der Waals surface area contributed by atoms with E-state index in [1.807, 2.05) is 25.1 Å². The summed E-state index contributed by atoms with van der Waals surface area (Å²) < 4.78 is 1.81. The van der Waals surface area contributed by atoms with Crippen LogP contribution in [0.5, 0.6) is 0 Å². The molecule has 0 radical (unpaired) electrons. The first kappa shape index (κ1) is 15.5. The van der Waals surface area contributed by atoms with Gasteiger partial charge in [-0.2, -0.15) is 0 Å². The van der Waals surface area contributed by atoms with Crippen molar-refractivity contribution in [2.75, 3.05) is 5.32 Å². The van der Waals surface area contributed by atoms with E-state index in [4.69, 9.17) is 11.6 Å². The molecule has 0 aromatic heterocycles. The summed E-state index contributed by atoms with van der Waals surface area (Å²) in [7, 11) is 0. The standard InChI is InChI=1S/C15H12Br2ClNO/c1-2-9-7-10(16)4-6-14(9)19-15(20)12-8-11(17)3-5-13(12)18/h3-8H,2H2,1H3,(H,19,20). The summed E-state index contributed by atoms with van der Waals surface area (Å²) in [5.74, 6) is -0.215. The summed E-state index contributed by atoms with van der Waals surface area (Å²) in [6, 6.07) is 11.0. The fraction of sp³-hybridized carbons (Fsp3) is 0.133. The predicted molar refractivity (Wildman–Crippen MR) is 90.6 cm³/mol. The molecule has 0 atom stereocenters. The molecular formula is C15H12Br2ClNO. The van der Waals surface area contributed by atoms with Crippen molar-refractivity contribution in [3.63, 3.8) is 0 Å². The molecule has 0 fully saturated rings. The van der Waals surface area contributed by atoms with Gasteiger partial charge >= 0.3 is 0 Å². The summed E-state index contributed by atoms with van der Waals surface area (Å²) in [4.78, 5) is 12.3. The lowest BCUT2D eigenvalue weighted by atomic mass is 10.1. The van der Waals surface area contributed by atoms with Gasteiger partial charge in [0.25, 0.3) is 5.91 Å². The molecule has 2 aromatic carbocycles. The average Bonchev–Trinajstić information content (AvgIpc) is 2.43. The molecule has 0 unspecified atom stereocenters. The van der Waals surface area contributed by atoms with Crippen molar-refractivity contribution in [3.8, 4) is 0 Å². The van der Waals surface area contributed by atoms with Crippen LogP contribution in [0.2, 0.25) is 5.02 Å². The van der Waals surface area contributed by atoms with Crippen LogP contribution in [0.1, 0.15) is 22.8 Å². The van der Waals surface area contributed by atoms with E-state index in [1.54, 1.807) is 18.2 Å². The van der Waals surface area contributed by atoms with Crippen molar-refractivity contribution in [2.24, 2.45) is 0 Å². The summed E-state index contributed by atoms with van der Waals surface area (Å²) in [5, 5.41) is 3.34. The number of benzene rings is 2. The molecule has 1 amide bonds. The Balaban J connectivity index is 2.30. The molecule has 0 saturated carbocycles. The van der Waals surface area contributed by atoms with Crippen molar-refractivity contribution in [1.82, 2.24) is 0 Å². The fourth-order valence-electron chi connectivity index (χ4n) is 1.84. The minimum atomic E-state index is -0.215. The van der Waals surface area contributed by atoms with Gasteiger partial charge in [-0.25, -0.2) is 0 Å². The van der Waals surface area contributed by atoms with Crippen LogP contribution >= 0.6 is 43.5 Å². The van der Waals surface area contributed by atoms with Crippen molar-refractivity contribution in [3.05, 3.63) is 61.5 Å². The van der Waals surface area contributed by atoms with E-state index in [-0.39, 0.29) is 5.91 Å². The molecule has 2 rings (SSSR count). The van der Waals surface area contributed by atoms with Crippen LogP contribution in [0.25, 0.3) is 0 Å². The summed E-state index contributed by atoms with van der Waals surface area (Å²) in [6.45, 7) is 2.05. The van der Waals surface area contributed by atoms with Gasteiger partial charge in [-0.15, -0.1) is 0 Å². The monoisotopic (exact) mass is 415 g/mol. The van der Waals surface area contributed by atoms with Gasteiger partial charge in [-0.3, -0.25) is 4.79 Å². The fourth-order valence-corrected chi connectivity index (χ4v) is 2.81. The van der Waals surface area contributed by atoms with Crippen molar-refractivity contribution < 1.29 is 4.79 Å². The molecule has 0 saturated heterocycles. The third-order valence-corrected chi connectivity index (χ3v) is 4.19. The smallest absolute Gasteiger partial charge is 0.257 e. The molecule has 0 aliphatic carbocycles. The van der Waals surface area contributed by atoms with E-state index in [1.165, 1.54) is 0 Å². The first-order valence-electron chi connectivity index (χ1n) is 6.06. The van der Waals surface area contributed by atoms with Crippen LogP contribution < -0.4 is 5.32 Å². The van der Waals surface area contributed by atoms with Gasteiger partial charge in [0, 0.05) is 14.6 Å². The van der Waals surface area contributed by atoms with Gasteiger partial charge in [-0.05, 0) is 48.4 Å². The van der Waals surface area contributed by atoms with E-state index in [9.17, 15) is 4.79 Å². The Morgan fingerprint density at radius 3 is 2.50 bits per heavy atom. The molecule has 0 aliphatic heterocycles. The Morgan fingerprint density at radius 2 is 1.80 bits per heavy atom. The zero-order chi connectivity index (χ0) is 14.7. The number of aryl methyl sites for hydroxylation is 1. The number of rotatable bonds is 3. The van der Waals surface area contributed by atoms with E-state index in [0.717, 1.165) is 26.6 Å². The molecule has 20 heavy (non-hydrogen) atoms. The largest absolute Gasteiger partial charge is 0.322 e. The van der Waals surface area contributed by atoms with Crippen LogP contribution in [0.3, 0.4) is 0 Å². The molecular weight excluding hydrogens is 405 g/mol. The zero-order valence-electron chi connectivity index (χ0n) is 10.7. The summed E-state index contributed by atoms with van der Waals surface area (Å²) in [5.41, 5.74) is 2.32. The van der Waals surface area contributed by atoms with Gasteiger partial charge in [0.05, 0.1) is 10.6 Å². The van der Waals surface area contributed by atoms with Crippen LogP contribution in [0.4, 0.5) is 5.69 Å². The molecule has 0 bridgehead atoms. The van der Waals surface area contributed by atoms with Crippen LogP contribution in [0, 0.1) is 0 Å². The van der Waals surface area contributed by atoms with E-state index >= 15 is 0 Å². The second-order valence-corrected chi connectivity index (χ2v) is 6.47. The Morgan fingerprint density at radius 1 is 1.15 bits per heavy atom. The number of hydrogen-bond donors (Lipinski definition) is 1. The number of carbonyl (C=O) groups excluding carboxylic acids is 1. The number of nitrogens with one attached hydrogen (secondary N) is 1. The number of hydrogen-bond acceptors (Lipinski definition) is 1. The number of halogens is 3. The second-order valence-electron chi connectivity index (χ2n) is 4.23. The van der Waals surface area contributed by atoms with Gasteiger partial charge in [0.2, 0.25) is 0 Å². The van der Waals surface area contributed by atoms with Gasteiger partial charge in [0.1, 0.15) is 0 Å². The molecule has 5 heteroatoms. The van der Waals surface area contributed by atoms with Crippen molar-refractivity contribution >= 4 is 55.1 Å². The lowest BCUT2D eigenvalue weighted by molar-refractivity contribution is 0.102. The topological polar surface area (TPSA) is 29.1 Å². The van der Waals surface area contributed by atoms with E-state index in [2.05, 4.69) is 37.2 Å². The molecule has 104 valence electrons. The number of carbonyl (C=O) groups is 1. The van der Waals surface area contributed by atoms with Crippen LogP contribution in [0.15, 0.2) is 45.3 Å². The quantitative estimate of drug-likeness (QED) is 0.684. The Hall–Kier alpha value is -0.840. The summed E-state index contributed by atoms with van der Waals surface area (Å²) in [6.07, 6.45) is 0.835. The molecule has 2 nitrogen and oxygen atoms in total. The average molecular weight is 418 g/mol. The molecule has 0 heterocycles. The van der Waals surface area contributed by atoms with E-state index in [0.29, 0.717) is 10.6 Å². The number of anilines is 1.